The SMILES string of the molecule is CC(NC(=O)c1cncc2c1cnn2-c1ccc(F)cc1)c1cccc(S(C)(=O)=O)n1. The summed E-state index contributed by atoms with van der Waals surface area (Å²) in [6.45, 7) is 1.71. The Bertz CT molecular complexity index is 1380. The second-order valence-electron chi connectivity index (χ2n) is 7.02. The van der Waals surface area contributed by atoms with E-state index in [2.05, 4.69) is 20.4 Å². The van der Waals surface area contributed by atoms with E-state index in [0.717, 1.165) is 6.26 Å². The molecule has 0 bridgehead atoms. The number of pyridine rings is 2. The summed E-state index contributed by atoms with van der Waals surface area (Å²) in [4.78, 5) is 21.2. The Morgan fingerprint density at radius 3 is 2.55 bits per heavy atom. The lowest BCUT2D eigenvalue weighted by Gasteiger charge is -2.14. The van der Waals surface area contributed by atoms with Gasteiger partial charge in [-0.25, -0.2) is 22.5 Å². The van der Waals surface area contributed by atoms with Crippen LogP contribution in [0.2, 0.25) is 0 Å². The van der Waals surface area contributed by atoms with Crippen LogP contribution < -0.4 is 5.32 Å². The van der Waals surface area contributed by atoms with Gasteiger partial charge in [0.2, 0.25) is 0 Å². The third-order valence-electron chi connectivity index (χ3n) is 4.73. The summed E-state index contributed by atoms with van der Waals surface area (Å²) in [5.41, 5.74) is 1.94. The number of carbonyl (C=O) groups is 1. The smallest absolute Gasteiger partial charge is 0.254 e. The van der Waals surface area contributed by atoms with Crippen LogP contribution in [0.3, 0.4) is 0 Å². The van der Waals surface area contributed by atoms with E-state index in [4.69, 9.17) is 0 Å². The van der Waals surface area contributed by atoms with Crippen molar-refractivity contribution in [3.8, 4) is 5.69 Å². The minimum absolute atomic E-state index is 0.0598. The number of halogens is 1. The molecular weight excluding hydrogens is 421 g/mol. The summed E-state index contributed by atoms with van der Waals surface area (Å²) in [5, 5.41) is 7.64. The van der Waals surface area contributed by atoms with Crippen LogP contribution in [0.1, 0.15) is 29.0 Å². The largest absolute Gasteiger partial charge is 0.344 e. The van der Waals surface area contributed by atoms with Gasteiger partial charge in [0, 0.05) is 17.8 Å². The number of sulfone groups is 1. The number of nitrogens with one attached hydrogen (secondary N) is 1. The molecule has 3 heterocycles. The number of fused-ring (bicyclic) bond motifs is 1. The van der Waals surface area contributed by atoms with Crippen molar-refractivity contribution in [2.75, 3.05) is 6.26 Å². The highest BCUT2D eigenvalue weighted by atomic mass is 32.2. The molecule has 1 aromatic carbocycles. The zero-order chi connectivity index (χ0) is 22.2. The van der Waals surface area contributed by atoms with Crippen molar-refractivity contribution in [2.45, 2.75) is 18.0 Å². The van der Waals surface area contributed by atoms with Crippen LogP contribution in [0, 0.1) is 5.82 Å². The average Bonchev–Trinajstić information content (AvgIpc) is 3.18. The Morgan fingerprint density at radius 1 is 1.10 bits per heavy atom. The van der Waals surface area contributed by atoms with Gasteiger partial charge in [-0.15, -0.1) is 0 Å². The van der Waals surface area contributed by atoms with Crippen molar-refractivity contribution < 1.29 is 17.6 Å². The summed E-state index contributed by atoms with van der Waals surface area (Å²) in [6, 6.07) is 9.90. The van der Waals surface area contributed by atoms with E-state index < -0.39 is 21.8 Å². The van der Waals surface area contributed by atoms with E-state index in [1.165, 1.54) is 24.4 Å². The molecule has 1 unspecified atom stereocenters. The molecule has 8 nitrogen and oxygen atoms in total. The van der Waals surface area contributed by atoms with Crippen molar-refractivity contribution in [2.24, 2.45) is 0 Å². The highest BCUT2D eigenvalue weighted by molar-refractivity contribution is 7.90. The molecule has 1 atom stereocenters. The van der Waals surface area contributed by atoms with Gasteiger partial charge in [0.25, 0.3) is 5.91 Å². The first-order chi connectivity index (χ1) is 14.7. The Morgan fingerprint density at radius 2 is 1.84 bits per heavy atom. The molecular formula is C21H18FN5O3S. The minimum atomic E-state index is -3.46. The van der Waals surface area contributed by atoms with Crippen LogP contribution in [0.4, 0.5) is 4.39 Å². The number of rotatable bonds is 5. The standard InChI is InChI=1S/C21H18FN5O3S/c1-13(18-4-3-5-20(26-18)31(2,29)30)25-21(28)17-10-23-12-19-16(17)11-24-27(19)15-8-6-14(22)7-9-15/h3-13H,1-2H3,(H,25,28). The first kappa shape index (κ1) is 20.6. The third kappa shape index (κ3) is 4.15. The average molecular weight is 439 g/mol. The van der Waals surface area contributed by atoms with Gasteiger partial charge in [0.15, 0.2) is 14.9 Å². The lowest BCUT2D eigenvalue weighted by Crippen LogP contribution is -2.27. The molecule has 0 saturated carbocycles. The number of amides is 1. The van der Waals surface area contributed by atoms with Crippen LogP contribution in [-0.2, 0) is 9.84 Å². The molecule has 0 fully saturated rings. The van der Waals surface area contributed by atoms with Crippen molar-refractivity contribution >= 4 is 26.6 Å². The maximum atomic E-state index is 13.2. The molecule has 0 spiro atoms. The van der Waals surface area contributed by atoms with Gasteiger partial charge in [0.05, 0.1) is 40.9 Å². The zero-order valence-electron chi connectivity index (χ0n) is 16.7. The van der Waals surface area contributed by atoms with E-state index in [9.17, 15) is 17.6 Å². The highest BCUT2D eigenvalue weighted by Crippen LogP contribution is 2.22. The van der Waals surface area contributed by atoms with Crippen LogP contribution in [0.15, 0.2) is 66.1 Å². The fourth-order valence-corrected chi connectivity index (χ4v) is 3.73. The highest BCUT2D eigenvalue weighted by Gasteiger charge is 2.19. The summed E-state index contributed by atoms with van der Waals surface area (Å²) in [7, 11) is -3.46. The first-order valence-corrected chi connectivity index (χ1v) is 11.2. The van der Waals surface area contributed by atoms with Gasteiger partial charge in [-0.3, -0.25) is 9.78 Å². The maximum absolute atomic E-state index is 13.2. The fourth-order valence-electron chi connectivity index (χ4n) is 3.14. The summed E-state index contributed by atoms with van der Waals surface area (Å²) < 4.78 is 38.3. The van der Waals surface area contributed by atoms with Crippen molar-refractivity contribution in [1.82, 2.24) is 25.1 Å². The van der Waals surface area contributed by atoms with Crippen LogP contribution in [0.5, 0.6) is 0 Å². The molecule has 4 aromatic rings. The Hall–Kier alpha value is -3.66. The van der Waals surface area contributed by atoms with Crippen molar-refractivity contribution in [3.05, 3.63) is 78.1 Å². The van der Waals surface area contributed by atoms with Gasteiger partial charge in [-0.2, -0.15) is 5.10 Å². The van der Waals surface area contributed by atoms with E-state index in [-0.39, 0.29) is 10.8 Å². The van der Waals surface area contributed by atoms with E-state index in [1.54, 1.807) is 48.3 Å². The van der Waals surface area contributed by atoms with E-state index >= 15 is 0 Å². The lowest BCUT2D eigenvalue weighted by atomic mass is 10.1. The maximum Gasteiger partial charge on any atom is 0.254 e. The van der Waals surface area contributed by atoms with Crippen LogP contribution in [0.25, 0.3) is 16.6 Å². The van der Waals surface area contributed by atoms with E-state index in [0.29, 0.717) is 27.8 Å². The van der Waals surface area contributed by atoms with Gasteiger partial charge in [-0.1, -0.05) is 6.07 Å². The molecule has 4 rings (SSSR count). The van der Waals surface area contributed by atoms with Crippen LogP contribution >= 0.6 is 0 Å². The number of benzene rings is 1. The minimum Gasteiger partial charge on any atom is -0.344 e. The Labute approximate surface area is 177 Å². The quantitative estimate of drug-likeness (QED) is 0.512. The number of hydrogen-bond acceptors (Lipinski definition) is 6. The number of nitrogens with zero attached hydrogens (tertiary/aromatic N) is 4. The van der Waals surface area contributed by atoms with Gasteiger partial charge in [-0.05, 0) is 43.3 Å². The second kappa shape index (κ2) is 7.88. The molecule has 0 aliphatic carbocycles. The van der Waals surface area contributed by atoms with Gasteiger partial charge >= 0.3 is 0 Å². The van der Waals surface area contributed by atoms with Gasteiger partial charge < -0.3 is 5.32 Å². The Kier molecular flexibility index (Phi) is 5.24. The molecule has 1 N–H and O–H groups in total. The van der Waals surface area contributed by atoms with Crippen LogP contribution in [-0.4, -0.2) is 40.3 Å². The number of hydrogen-bond donors (Lipinski definition) is 1. The molecule has 31 heavy (non-hydrogen) atoms. The molecule has 158 valence electrons. The first-order valence-electron chi connectivity index (χ1n) is 9.29. The molecule has 0 aliphatic heterocycles. The van der Waals surface area contributed by atoms with Crippen molar-refractivity contribution in [1.29, 1.82) is 0 Å². The monoisotopic (exact) mass is 439 g/mol. The van der Waals surface area contributed by atoms with Crippen molar-refractivity contribution in [3.63, 3.8) is 0 Å². The normalized spacial score (nSPS) is 12.6. The predicted octanol–water partition coefficient (Wildman–Crippen LogP) is 2.85. The summed E-state index contributed by atoms with van der Waals surface area (Å²) in [5.74, 6) is -0.767. The number of aromatic nitrogens is 4. The summed E-state index contributed by atoms with van der Waals surface area (Å²) >= 11 is 0. The molecule has 1 amide bonds. The molecule has 0 aliphatic rings. The number of carbonyl (C=O) groups excluding carboxylic acids is 1. The molecule has 0 radical (unpaired) electrons. The summed E-state index contributed by atoms with van der Waals surface area (Å²) in [6.07, 6.45) is 5.63. The lowest BCUT2D eigenvalue weighted by molar-refractivity contribution is 0.0940. The second-order valence-corrected chi connectivity index (χ2v) is 8.98. The topological polar surface area (TPSA) is 107 Å². The predicted molar refractivity (Wildman–Crippen MR) is 112 cm³/mol. The zero-order valence-corrected chi connectivity index (χ0v) is 17.5. The molecule has 10 heteroatoms. The fraction of sp³-hybridized carbons (Fsp3) is 0.143. The van der Waals surface area contributed by atoms with E-state index in [1.807, 2.05) is 0 Å². The Balaban J connectivity index is 1.63. The van der Waals surface area contributed by atoms with Gasteiger partial charge in [0.1, 0.15) is 5.82 Å². The molecule has 0 saturated heterocycles. The molecule has 3 aromatic heterocycles. The third-order valence-corrected chi connectivity index (χ3v) is 5.72.